The smallest absolute Gasteiger partial charge is 0.251 e. The number of carbonyl (C=O) groups excluding carboxylic acids is 1. The molecule has 0 spiro atoms. The maximum absolute atomic E-state index is 11.6. The van der Waals surface area contributed by atoms with Crippen molar-refractivity contribution in [2.75, 3.05) is 6.54 Å². The highest BCUT2D eigenvalue weighted by Crippen LogP contribution is 2.24. The summed E-state index contributed by atoms with van der Waals surface area (Å²) in [5, 5.41) is 9.33. The van der Waals surface area contributed by atoms with Crippen LogP contribution in [0.4, 0.5) is 11.4 Å². The number of rotatable bonds is 4. The zero-order chi connectivity index (χ0) is 12.7. The SMILES string of the molecule is CCNC(=O)c1cc(N=[N+]=[N-])cc(N=[N+]=[N-])c1. The Morgan fingerprint density at radius 1 is 1.24 bits per heavy atom. The van der Waals surface area contributed by atoms with Crippen LogP contribution in [0.15, 0.2) is 28.4 Å². The van der Waals surface area contributed by atoms with Gasteiger partial charge in [0.05, 0.1) is 0 Å². The van der Waals surface area contributed by atoms with Crippen molar-refractivity contribution in [2.45, 2.75) is 6.92 Å². The van der Waals surface area contributed by atoms with Crippen LogP contribution in [0, 0.1) is 0 Å². The topological polar surface area (TPSA) is 127 Å². The highest BCUT2D eigenvalue weighted by Gasteiger charge is 2.06. The predicted molar refractivity (Wildman–Crippen MR) is 62.1 cm³/mol. The summed E-state index contributed by atoms with van der Waals surface area (Å²) in [6, 6.07) is 4.23. The van der Waals surface area contributed by atoms with Crippen LogP contribution in [0.5, 0.6) is 0 Å². The lowest BCUT2D eigenvalue weighted by Crippen LogP contribution is -2.22. The quantitative estimate of drug-likeness (QED) is 0.476. The average molecular weight is 231 g/mol. The molecule has 8 heteroatoms. The van der Waals surface area contributed by atoms with Gasteiger partial charge in [-0.1, -0.05) is 10.2 Å². The molecule has 0 aliphatic carbocycles. The minimum absolute atomic E-state index is 0.221. The van der Waals surface area contributed by atoms with Crippen LogP contribution < -0.4 is 5.32 Å². The van der Waals surface area contributed by atoms with E-state index in [0.29, 0.717) is 6.54 Å². The molecule has 0 saturated carbocycles. The molecule has 0 bridgehead atoms. The highest BCUT2D eigenvalue weighted by molar-refractivity contribution is 5.95. The predicted octanol–water partition coefficient (Wildman–Crippen LogP) is 3.32. The van der Waals surface area contributed by atoms with E-state index in [4.69, 9.17) is 11.1 Å². The normalized spacial score (nSPS) is 8.76. The van der Waals surface area contributed by atoms with E-state index in [9.17, 15) is 4.79 Å². The van der Waals surface area contributed by atoms with Crippen molar-refractivity contribution in [3.05, 3.63) is 44.6 Å². The summed E-state index contributed by atoms with van der Waals surface area (Å²) in [4.78, 5) is 16.8. The molecule has 1 N–H and O–H groups in total. The Bertz CT molecular complexity index is 490. The molecule has 0 aliphatic rings. The summed E-state index contributed by atoms with van der Waals surface area (Å²) in [6.45, 7) is 2.25. The van der Waals surface area contributed by atoms with Crippen LogP contribution in [0.25, 0.3) is 20.9 Å². The third kappa shape index (κ3) is 3.42. The fourth-order valence-electron chi connectivity index (χ4n) is 1.21. The number of nitrogens with one attached hydrogen (secondary N) is 1. The van der Waals surface area contributed by atoms with Gasteiger partial charge < -0.3 is 5.32 Å². The van der Waals surface area contributed by atoms with E-state index in [1.165, 1.54) is 18.2 Å². The molecule has 8 nitrogen and oxygen atoms in total. The largest absolute Gasteiger partial charge is 0.352 e. The number of nitrogens with zero attached hydrogens (tertiary/aromatic N) is 6. The van der Waals surface area contributed by atoms with Crippen molar-refractivity contribution in [2.24, 2.45) is 10.2 Å². The van der Waals surface area contributed by atoms with Gasteiger partial charge in [0.1, 0.15) is 0 Å². The molecule has 0 heterocycles. The van der Waals surface area contributed by atoms with Crippen LogP contribution in [-0.4, -0.2) is 12.5 Å². The monoisotopic (exact) mass is 231 g/mol. The summed E-state index contributed by atoms with van der Waals surface area (Å²) in [5.74, 6) is -0.322. The van der Waals surface area contributed by atoms with E-state index in [1.54, 1.807) is 6.92 Å². The third-order valence-electron chi connectivity index (χ3n) is 1.82. The van der Waals surface area contributed by atoms with E-state index < -0.39 is 0 Å². The zero-order valence-electron chi connectivity index (χ0n) is 9.03. The van der Waals surface area contributed by atoms with Crippen molar-refractivity contribution in [3.63, 3.8) is 0 Å². The lowest BCUT2D eigenvalue weighted by molar-refractivity contribution is 0.0956. The number of azide groups is 2. The molecule has 0 saturated heterocycles. The molecule has 0 aliphatic heterocycles. The van der Waals surface area contributed by atoms with Crippen LogP contribution in [0.1, 0.15) is 17.3 Å². The van der Waals surface area contributed by atoms with Gasteiger partial charge in [-0.25, -0.2) is 0 Å². The molecule has 0 fully saturated rings. The minimum atomic E-state index is -0.322. The average Bonchev–Trinajstić information content (AvgIpc) is 2.30. The van der Waals surface area contributed by atoms with Crippen molar-refractivity contribution in [1.82, 2.24) is 5.32 Å². The first-order valence-electron chi connectivity index (χ1n) is 4.74. The molecular weight excluding hydrogens is 222 g/mol. The molecule has 17 heavy (non-hydrogen) atoms. The Kier molecular flexibility index (Phi) is 4.38. The third-order valence-corrected chi connectivity index (χ3v) is 1.82. The second-order valence-corrected chi connectivity index (χ2v) is 2.98. The van der Waals surface area contributed by atoms with E-state index in [-0.39, 0.29) is 22.8 Å². The Balaban J connectivity index is 3.24. The molecule has 0 unspecified atom stereocenters. The molecule has 1 aromatic rings. The van der Waals surface area contributed by atoms with Crippen molar-refractivity contribution in [1.29, 1.82) is 0 Å². The van der Waals surface area contributed by atoms with Crippen LogP contribution in [0.3, 0.4) is 0 Å². The minimum Gasteiger partial charge on any atom is -0.352 e. The maximum atomic E-state index is 11.6. The second-order valence-electron chi connectivity index (χ2n) is 2.98. The number of hydrogen-bond acceptors (Lipinski definition) is 3. The Hall–Kier alpha value is -2.69. The van der Waals surface area contributed by atoms with Gasteiger partial charge in [-0.15, -0.1) is 0 Å². The van der Waals surface area contributed by atoms with Crippen LogP contribution >= 0.6 is 0 Å². The summed E-state index contributed by atoms with van der Waals surface area (Å²) >= 11 is 0. The first-order valence-corrected chi connectivity index (χ1v) is 4.74. The second kappa shape index (κ2) is 6.02. The molecule has 1 amide bonds. The van der Waals surface area contributed by atoms with Crippen molar-refractivity contribution >= 4 is 17.3 Å². The van der Waals surface area contributed by atoms with E-state index in [1.807, 2.05) is 0 Å². The van der Waals surface area contributed by atoms with Crippen molar-refractivity contribution < 1.29 is 4.79 Å². The maximum Gasteiger partial charge on any atom is 0.251 e. The molecule has 1 aromatic carbocycles. The molecule has 0 aromatic heterocycles. The fourth-order valence-corrected chi connectivity index (χ4v) is 1.21. The Labute approximate surface area is 96.5 Å². The summed E-state index contributed by atoms with van der Waals surface area (Å²) < 4.78 is 0. The number of carbonyl (C=O) groups is 1. The van der Waals surface area contributed by atoms with Gasteiger partial charge in [0.2, 0.25) is 0 Å². The lowest BCUT2D eigenvalue weighted by Gasteiger charge is -2.04. The summed E-state index contributed by atoms with van der Waals surface area (Å²) in [7, 11) is 0. The number of hydrogen-bond donors (Lipinski definition) is 1. The molecule has 0 atom stereocenters. The van der Waals surface area contributed by atoms with Gasteiger partial charge in [0.15, 0.2) is 0 Å². The highest BCUT2D eigenvalue weighted by atomic mass is 16.1. The fraction of sp³-hybridized carbons (Fsp3) is 0.222. The molecule has 86 valence electrons. The van der Waals surface area contributed by atoms with E-state index in [0.717, 1.165) is 0 Å². The summed E-state index contributed by atoms with van der Waals surface area (Å²) in [5.41, 5.74) is 17.4. The molecule has 0 radical (unpaired) electrons. The van der Waals surface area contributed by atoms with Crippen LogP contribution in [0.2, 0.25) is 0 Å². The lowest BCUT2D eigenvalue weighted by atomic mass is 10.1. The molecule has 1 rings (SSSR count). The Morgan fingerprint density at radius 3 is 2.18 bits per heavy atom. The molecular formula is C9H9N7O. The van der Waals surface area contributed by atoms with Gasteiger partial charge in [-0.3, -0.25) is 4.79 Å². The standard InChI is InChI=1S/C9H9N7O/c1-2-12-9(17)6-3-7(13-15-10)5-8(4-6)14-16-11/h3-5H,2H2,1H3,(H,12,17). The van der Waals surface area contributed by atoms with Gasteiger partial charge in [-0.05, 0) is 36.2 Å². The Morgan fingerprint density at radius 2 is 1.76 bits per heavy atom. The van der Waals surface area contributed by atoms with Gasteiger partial charge in [0, 0.05) is 33.3 Å². The van der Waals surface area contributed by atoms with Crippen LogP contribution in [-0.2, 0) is 0 Å². The van der Waals surface area contributed by atoms with E-state index in [2.05, 4.69) is 25.4 Å². The van der Waals surface area contributed by atoms with E-state index >= 15 is 0 Å². The van der Waals surface area contributed by atoms with Gasteiger partial charge >= 0.3 is 0 Å². The first kappa shape index (κ1) is 12.4. The number of amides is 1. The first-order chi connectivity index (χ1) is 8.21. The van der Waals surface area contributed by atoms with Gasteiger partial charge in [0.25, 0.3) is 5.91 Å². The van der Waals surface area contributed by atoms with Crippen molar-refractivity contribution in [3.8, 4) is 0 Å². The zero-order valence-corrected chi connectivity index (χ0v) is 9.03. The van der Waals surface area contributed by atoms with Gasteiger partial charge in [-0.2, -0.15) is 0 Å². The summed E-state index contributed by atoms with van der Waals surface area (Å²) in [6.07, 6.45) is 0. The number of benzene rings is 1.